The molecule has 0 aromatic rings. The van der Waals surface area contributed by atoms with E-state index in [1.165, 1.54) is 0 Å². The summed E-state index contributed by atoms with van der Waals surface area (Å²) in [6.07, 6.45) is 3.86. The van der Waals surface area contributed by atoms with Crippen LogP contribution in [0, 0.1) is 23.2 Å². The van der Waals surface area contributed by atoms with Crippen LogP contribution in [0.5, 0.6) is 0 Å². The third-order valence-electron chi connectivity index (χ3n) is 3.23. The number of hydrogen-bond donors (Lipinski definition) is 0. The van der Waals surface area contributed by atoms with Crippen molar-refractivity contribution in [2.45, 2.75) is 45.4 Å². The van der Waals surface area contributed by atoms with Crippen molar-refractivity contribution in [2.75, 3.05) is 6.61 Å². The lowest BCUT2D eigenvalue weighted by Crippen LogP contribution is -2.30. The number of rotatable bonds is 5. The van der Waals surface area contributed by atoms with Gasteiger partial charge in [-0.25, -0.2) is 0 Å². The van der Waals surface area contributed by atoms with Gasteiger partial charge in [-0.1, -0.05) is 6.42 Å². The van der Waals surface area contributed by atoms with Gasteiger partial charge in [0.15, 0.2) is 0 Å². The Morgan fingerprint density at radius 3 is 2.82 bits per heavy atom. The van der Waals surface area contributed by atoms with Crippen molar-refractivity contribution < 1.29 is 14.3 Å². The summed E-state index contributed by atoms with van der Waals surface area (Å²) in [6, 6.07) is 2.07. The summed E-state index contributed by atoms with van der Waals surface area (Å²) in [5, 5.41) is 8.53. The smallest absolute Gasteiger partial charge is 0.306 e. The molecule has 0 N–H and O–H groups in total. The molecule has 0 amide bonds. The standard InChI is InChI=1S/C13H19NO3/c1-2-17-12(15)9-11-6-3-5-10(13(11)16)7-4-8-14/h10-11H,2-7,9H2,1H3/t10-,11-/m0/s1. The van der Waals surface area contributed by atoms with Gasteiger partial charge in [0.1, 0.15) is 5.78 Å². The van der Waals surface area contributed by atoms with Gasteiger partial charge in [0.25, 0.3) is 0 Å². The summed E-state index contributed by atoms with van der Waals surface area (Å²) in [5.41, 5.74) is 0. The zero-order chi connectivity index (χ0) is 12.7. The van der Waals surface area contributed by atoms with Crippen molar-refractivity contribution in [1.29, 1.82) is 5.26 Å². The van der Waals surface area contributed by atoms with Crippen LogP contribution in [0.25, 0.3) is 0 Å². The summed E-state index contributed by atoms with van der Waals surface area (Å²) >= 11 is 0. The Hall–Kier alpha value is -1.37. The predicted molar refractivity (Wildman–Crippen MR) is 61.9 cm³/mol. The van der Waals surface area contributed by atoms with E-state index in [2.05, 4.69) is 6.07 Å². The highest BCUT2D eigenvalue weighted by Gasteiger charge is 2.32. The number of nitrogens with zero attached hydrogens (tertiary/aromatic N) is 1. The molecule has 17 heavy (non-hydrogen) atoms. The Morgan fingerprint density at radius 2 is 2.18 bits per heavy atom. The quantitative estimate of drug-likeness (QED) is 0.688. The van der Waals surface area contributed by atoms with Crippen LogP contribution in [0.1, 0.15) is 45.4 Å². The van der Waals surface area contributed by atoms with Crippen LogP contribution in [-0.2, 0) is 14.3 Å². The summed E-state index contributed by atoms with van der Waals surface area (Å²) in [4.78, 5) is 23.4. The lowest BCUT2D eigenvalue weighted by Gasteiger charge is -2.26. The third-order valence-corrected chi connectivity index (χ3v) is 3.23. The van der Waals surface area contributed by atoms with E-state index in [0.717, 1.165) is 19.3 Å². The van der Waals surface area contributed by atoms with E-state index in [1.54, 1.807) is 6.92 Å². The van der Waals surface area contributed by atoms with Crippen molar-refractivity contribution in [3.05, 3.63) is 0 Å². The minimum absolute atomic E-state index is 0.0252. The Kier molecular flexibility index (Phi) is 5.68. The SMILES string of the molecule is CCOC(=O)C[C@@H]1CCC[C@@H](CCC#N)C1=O. The maximum absolute atomic E-state index is 12.1. The van der Waals surface area contributed by atoms with Gasteiger partial charge in [0, 0.05) is 18.3 Å². The molecule has 1 rings (SSSR count). The Balaban J connectivity index is 2.47. The lowest BCUT2D eigenvalue weighted by molar-refractivity contribution is -0.147. The van der Waals surface area contributed by atoms with Crippen molar-refractivity contribution in [3.63, 3.8) is 0 Å². The van der Waals surface area contributed by atoms with E-state index in [0.29, 0.717) is 19.4 Å². The van der Waals surface area contributed by atoms with E-state index in [9.17, 15) is 9.59 Å². The molecule has 0 bridgehead atoms. The molecule has 0 radical (unpaired) electrons. The zero-order valence-corrected chi connectivity index (χ0v) is 10.3. The van der Waals surface area contributed by atoms with Crippen molar-refractivity contribution >= 4 is 11.8 Å². The fraction of sp³-hybridized carbons (Fsp3) is 0.769. The van der Waals surface area contributed by atoms with Crippen LogP contribution in [-0.4, -0.2) is 18.4 Å². The van der Waals surface area contributed by atoms with Gasteiger partial charge in [0.05, 0.1) is 19.1 Å². The maximum atomic E-state index is 12.1. The molecule has 1 aliphatic carbocycles. The fourth-order valence-electron chi connectivity index (χ4n) is 2.38. The molecule has 4 nitrogen and oxygen atoms in total. The van der Waals surface area contributed by atoms with Crippen molar-refractivity contribution in [1.82, 2.24) is 0 Å². The molecule has 0 aromatic heterocycles. The highest BCUT2D eigenvalue weighted by molar-refractivity contribution is 5.87. The van der Waals surface area contributed by atoms with Gasteiger partial charge < -0.3 is 4.74 Å². The van der Waals surface area contributed by atoms with Gasteiger partial charge in [-0.3, -0.25) is 9.59 Å². The number of carbonyl (C=O) groups is 2. The van der Waals surface area contributed by atoms with Crippen LogP contribution >= 0.6 is 0 Å². The Labute approximate surface area is 102 Å². The summed E-state index contributed by atoms with van der Waals surface area (Å²) in [7, 11) is 0. The molecular weight excluding hydrogens is 218 g/mol. The van der Waals surface area contributed by atoms with Crippen LogP contribution in [0.15, 0.2) is 0 Å². The van der Waals surface area contributed by atoms with Gasteiger partial charge in [-0.2, -0.15) is 5.26 Å². The first-order chi connectivity index (χ1) is 8.19. The molecular formula is C13H19NO3. The summed E-state index contributed by atoms with van der Waals surface area (Å²) in [6.45, 7) is 2.12. The van der Waals surface area contributed by atoms with Crippen LogP contribution < -0.4 is 0 Å². The molecule has 94 valence electrons. The minimum atomic E-state index is -0.285. The molecule has 0 aliphatic heterocycles. The number of hydrogen-bond acceptors (Lipinski definition) is 4. The monoisotopic (exact) mass is 237 g/mol. The number of Topliss-reactive ketones (excluding diaryl/α,β-unsaturated/α-hetero) is 1. The maximum Gasteiger partial charge on any atom is 0.306 e. The van der Waals surface area contributed by atoms with Gasteiger partial charge in [-0.05, 0) is 26.2 Å². The van der Waals surface area contributed by atoms with Gasteiger partial charge >= 0.3 is 5.97 Å². The molecule has 0 spiro atoms. The minimum Gasteiger partial charge on any atom is -0.466 e. The molecule has 0 heterocycles. The van der Waals surface area contributed by atoms with E-state index in [1.807, 2.05) is 0 Å². The normalized spacial score (nSPS) is 24.1. The molecule has 4 heteroatoms. The summed E-state index contributed by atoms with van der Waals surface area (Å²) in [5.74, 6) is -0.347. The Morgan fingerprint density at radius 1 is 1.47 bits per heavy atom. The molecule has 0 unspecified atom stereocenters. The second-order valence-corrected chi connectivity index (χ2v) is 4.43. The molecule has 0 aromatic carbocycles. The van der Waals surface area contributed by atoms with E-state index in [4.69, 9.17) is 10.00 Å². The first kappa shape index (κ1) is 13.7. The van der Waals surface area contributed by atoms with Crippen LogP contribution in [0.2, 0.25) is 0 Å². The number of carbonyl (C=O) groups excluding carboxylic acids is 2. The summed E-state index contributed by atoms with van der Waals surface area (Å²) < 4.78 is 4.87. The second kappa shape index (κ2) is 7.05. The van der Waals surface area contributed by atoms with Crippen molar-refractivity contribution in [2.24, 2.45) is 11.8 Å². The highest BCUT2D eigenvalue weighted by atomic mass is 16.5. The first-order valence-electron chi connectivity index (χ1n) is 6.25. The first-order valence-corrected chi connectivity index (χ1v) is 6.25. The molecule has 1 aliphatic rings. The predicted octanol–water partition coefficient (Wildman–Crippen LogP) is 2.23. The van der Waals surface area contributed by atoms with Gasteiger partial charge in [0.2, 0.25) is 0 Å². The van der Waals surface area contributed by atoms with Gasteiger partial charge in [-0.15, -0.1) is 0 Å². The number of ether oxygens (including phenoxy) is 1. The Bertz CT molecular complexity index is 319. The number of nitriles is 1. The van der Waals surface area contributed by atoms with Crippen LogP contribution in [0.4, 0.5) is 0 Å². The average Bonchev–Trinajstić information content (AvgIpc) is 2.30. The molecule has 0 saturated heterocycles. The molecule has 2 atom stereocenters. The number of ketones is 1. The largest absolute Gasteiger partial charge is 0.466 e. The average molecular weight is 237 g/mol. The topological polar surface area (TPSA) is 67.2 Å². The van der Waals surface area contributed by atoms with E-state index >= 15 is 0 Å². The van der Waals surface area contributed by atoms with Crippen molar-refractivity contribution in [3.8, 4) is 6.07 Å². The highest BCUT2D eigenvalue weighted by Crippen LogP contribution is 2.30. The van der Waals surface area contributed by atoms with E-state index in [-0.39, 0.29) is 30.0 Å². The number of esters is 1. The second-order valence-electron chi connectivity index (χ2n) is 4.43. The zero-order valence-electron chi connectivity index (χ0n) is 10.3. The van der Waals surface area contributed by atoms with Crippen LogP contribution in [0.3, 0.4) is 0 Å². The molecule has 1 fully saturated rings. The van der Waals surface area contributed by atoms with E-state index < -0.39 is 0 Å². The molecule has 1 saturated carbocycles. The third kappa shape index (κ3) is 4.18. The lowest BCUT2D eigenvalue weighted by atomic mass is 9.77. The fourth-order valence-corrected chi connectivity index (χ4v) is 2.38.